The highest BCUT2D eigenvalue weighted by Gasteiger charge is 2.35. The van der Waals surface area contributed by atoms with E-state index in [1.807, 2.05) is 0 Å². The van der Waals surface area contributed by atoms with Gasteiger partial charge < -0.3 is 10.1 Å². The fraction of sp³-hybridized carbons (Fsp3) is 0.538. The second-order valence-corrected chi connectivity index (χ2v) is 4.48. The van der Waals surface area contributed by atoms with Gasteiger partial charge in [0, 0.05) is 0 Å². The van der Waals surface area contributed by atoms with Gasteiger partial charge in [0.1, 0.15) is 5.75 Å². The molecule has 0 unspecified atom stereocenters. The second kappa shape index (κ2) is 5.18. The van der Waals surface area contributed by atoms with E-state index < -0.39 is 11.7 Å². The zero-order chi connectivity index (χ0) is 13.2. The summed E-state index contributed by atoms with van der Waals surface area (Å²) in [4.78, 5) is 0. The molecule has 1 fully saturated rings. The van der Waals surface area contributed by atoms with Crippen LogP contribution in [0.15, 0.2) is 18.2 Å². The van der Waals surface area contributed by atoms with Crippen LogP contribution in [0.25, 0.3) is 0 Å². The van der Waals surface area contributed by atoms with Crippen molar-refractivity contribution in [2.45, 2.75) is 24.9 Å². The number of piperidine rings is 1. The largest absolute Gasteiger partial charge is 0.496 e. The normalized spacial score (nSPS) is 17.8. The first-order valence-electron chi connectivity index (χ1n) is 5.98. The molecule has 100 valence electrons. The maximum Gasteiger partial charge on any atom is 0.419 e. The lowest BCUT2D eigenvalue weighted by Crippen LogP contribution is -2.26. The van der Waals surface area contributed by atoms with Gasteiger partial charge in [0.05, 0.1) is 12.7 Å². The number of hydrogen-bond acceptors (Lipinski definition) is 2. The molecule has 1 N–H and O–H groups in total. The van der Waals surface area contributed by atoms with Gasteiger partial charge in [0.25, 0.3) is 0 Å². The maximum absolute atomic E-state index is 12.9. The summed E-state index contributed by atoms with van der Waals surface area (Å²) in [5.41, 5.74) is 0.0747. The summed E-state index contributed by atoms with van der Waals surface area (Å²) in [5, 5.41) is 3.20. The van der Waals surface area contributed by atoms with Gasteiger partial charge in [-0.15, -0.1) is 0 Å². The highest BCUT2D eigenvalue weighted by Crippen LogP contribution is 2.38. The molecule has 5 heteroatoms. The topological polar surface area (TPSA) is 21.3 Å². The van der Waals surface area contributed by atoms with Crippen LogP contribution in [0.4, 0.5) is 13.2 Å². The van der Waals surface area contributed by atoms with Crippen LogP contribution >= 0.6 is 0 Å². The summed E-state index contributed by atoms with van der Waals surface area (Å²) in [6.45, 7) is 1.72. The number of methoxy groups -OCH3 is 1. The van der Waals surface area contributed by atoms with Gasteiger partial charge in [-0.25, -0.2) is 0 Å². The molecule has 0 spiro atoms. The molecule has 0 bridgehead atoms. The van der Waals surface area contributed by atoms with Crippen molar-refractivity contribution in [3.63, 3.8) is 0 Å². The Hall–Kier alpha value is -1.23. The average Bonchev–Trinajstić information content (AvgIpc) is 2.38. The lowest BCUT2D eigenvalue weighted by molar-refractivity contribution is -0.138. The lowest BCUT2D eigenvalue weighted by atomic mass is 9.89. The Kier molecular flexibility index (Phi) is 3.80. The van der Waals surface area contributed by atoms with Crippen LogP contribution in [-0.2, 0) is 6.18 Å². The van der Waals surface area contributed by atoms with Crippen LogP contribution in [0, 0.1) is 0 Å². The molecule has 18 heavy (non-hydrogen) atoms. The summed E-state index contributed by atoms with van der Waals surface area (Å²) in [5.74, 6) is 0.0958. The van der Waals surface area contributed by atoms with E-state index in [9.17, 15) is 13.2 Å². The molecule has 1 aliphatic heterocycles. The molecule has 0 radical (unpaired) electrons. The van der Waals surface area contributed by atoms with Crippen molar-refractivity contribution in [1.29, 1.82) is 0 Å². The molecular weight excluding hydrogens is 243 g/mol. The quantitative estimate of drug-likeness (QED) is 0.880. The number of nitrogens with one attached hydrogen (secondary N) is 1. The average molecular weight is 259 g/mol. The van der Waals surface area contributed by atoms with E-state index >= 15 is 0 Å². The standard InChI is InChI=1S/C13H16F3NO/c1-18-12-3-2-10(8-11(12)13(14,15)16)9-4-6-17-7-5-9/h2-3,8-9,17H,4-7H2,1H3. The van der Waals surface area contributed by atoms with Crippen molar-refractivity contribution in [2.75, 3.05) is 20.2 Å². The van der Waals surface area contributed by atoms with Crippen LogP contribution in [0.5, 0.6) is 5.75 Å². The van der Waals surface area contributed by atoms with E-state index in [1.165, 1.54) is 19.2 Å². The summed E-state index contributed by atoms with van der Waals surface area (Å²) < 4.78 is 43.5. The molecule has 2 rings (SSSR count). The SMILES string of the molecule is COc1ccc(C2CCNCC2)cc1C(F)(F)F. The molecular formula is C13H16F3NO. The molecule has 0 aromatic heterocycles. The molecule has 1 heterocycles. The third-order valence-corrected chi connectivity index (χ3v) is 3.34. The van der Waals surface area contributed by atoms with E-state index in [1.54, 1.807) is 6.07 Å². The number of alkyl halides is 3. The minimum absolute atomic E-state index is 0.111. The number of benzene rings is 1. The number of halogens is 3. The Bertz CT molecular complexity index is 411. The van der Waals surface area contributed by atoms with Crippen molar-refractivity contribution in [3.05, 3.63) is 29.3 Å². The van der Waals surface area contributed by atoms with Crippen molar-refractivity contribution >= 4 is 0 Å². The molecule has 1 aromatic carbocycles. The zero-order valence-corrected chi connectivity index (χ0v) is 10.2. The van der Waals surface area contributed by atoms with Crippen molar-refractivity contribution < 1.29 is 17.9 Å². The predicted molar refractivity (Wildman–Crippen MR) is 62.8 cm³/mol. The fourth-order valence-corrected chi connectivity index (χ4v) is 2.36. The first-order valence-corrected chi connectivity index (χ1v) is 5.98. The Morgan fingerprint density at radius 2 is 1.89 bits per heavy atom. The van der Waals surface area contributed by atoms with Crippen molar-refractivity contribution in [1.82, 2.24) is 5.32 Å². The van der Waals surface area contributed by atoms with Gasteiger partial charge >= 0.3 is 6.18 Å². The molecule has 0 amide bonds. The van der Waals surface area contributed by atoms with Gasteiger partial charge in [-0.1, -0.05) is 6.07 Å². The summed E-state index contributed by atoms with van der Waals surface area (Å²) in [6.07, 6.45) is -2.61. The third-order valence-electron chi connectivity index (χ3n) is 3.34. The molecule has 0 atom stereocenters. The van der Waals surface area contributed by atoms with Gasteiger partial charge in [-0.3, -0.25) is 0 Å². The van der Waals surface area contributed by atoms with E-state index in [0.29, 0.717) is 0 Å². The van der Waals surface area contributed by atoms with Gasteiger partial charge in [-0.2, -0.15) is 13.2 Å². The minimum Gasteiger partial charge on any atom is -0.496 e. The monoisotopic (exact) mass is 259 g/mol. The summed E-state index contributed by atoms with van der Waals surface area (Å²) in [6, 6.07) is 4.39. The number of hydrogen-bond donors (Lipinski definition) is 1. The zero-order valence-electron chi connectivity index (χ0n) is 10.2. The van der Waals surface area contributed by atoms with E-state index in [0.717, 1.165) is 31.5 Å². The Balaban J connectivity index is 2.33. The Labute approximate surface area is 104 Å². The molecule has 0 saturated carbocycles. The van der Waals surface area contributed by atoms with Crippen LogP contribution in [0.3, 0.4) is 0 Å². The first kappa shape index (κ1) is 13.2. The van der Waals surface area contributed by atoms with E-state index in [-0.39, 0.29) is 11.7 Å². The molecule has 1 aromatic rings. The molecule has 0 aliphatic carbocycles. The van der Waals surface area contributed by atoms with Crippen molar-refractivity contribution in [3.8, 4) is 5.75 Å². The van der Waals surface area contributed by atoms with Crippen molar-refractivity contribution in [2.24, 2.45) is 0 Å². The number of rotatable bonds is 2. The van der Waals surface area contributed by atoms with Gasteiger partial charge in [0.2, 0.25) is 0 Å². The van der Waals surface area contributed by atoms with Crippen LogP contribution < -0.4 is 10.1 Å². The van der Waals surface area contributed by atoms with Crippen LogP contribution in [0.2, 0.25) is 0 Å². The Morgan fingerprint density at radius 3 is 2.44 bits per heavy atom. The smallest absolute Gasteiger partial charge is 0.419 e. The van der Waals surface area contributed by atoms with E-state index in [4.69, 9.17) is 4.74 Å². The number of ether oxygens (including phenoxy) is 1. The highest BCUT2D eigenvalue weighted by molar-refractivity contribution is 5.40. The maximum atomic E-state index is 12.9. The second-order valence-electron chi connectivity index (χ2n) is 4.48. The van der Waals surface area contributed by atoms with Gasteiger partial charge in [-0.05, 0) is 49.5 Å². The Morgan fingerprint density at radius 1 is 1.22 bits per heavy atom. The summed E-state index contributed by atoms with van der Waals surface area (Å²) >= 11 is 0. The van der Waals surface area contributed by atoms with Gasteiger partial charge in [0.15, 0.2) is 0 Å². The third kappa shape index (κ3) is 2.77. The molecule has 1 aliphatic rings. The van der Waals surface area contributed by atoms with E-state index in [2.05, 4.69) is 5.32 Å². The highest BCUT2D eigenvalue weighted by atomic mass is 19.4. The van der Waals surface area contributed by atoms with Crippen LogP contribution in [0.1, 0.15) is 29.9 Å². The lowest BCUT2D eigenvalue weighted by Gasteiger charge is -2.24. The predicted octanol–water partition coefficient (Wildman–Crippen LogP) is 3.18. The fourth-order valence-electron chi connectivity index (χ4n) is 2.36. The van der Waals surface area contributed by atoms with Crippen LogP contribution in [-0.4, -0.2) is 20.2 Å². The molecule has 2 nitrogen and oxygen atoms in total. The minimum atomic E-state index is -4.37. The summed E-state index contributed by atoms with van der Waals surface area (Å²) in [7, 11) is 1.26. The molecule has 1 saturated heterocycles. The first-order chi connectivity index (χ1) is 8.52.